The zero-order chi connectivity index (χ0) is 13.7. The van der Waals surface area contributed by atoms with Crippen molar-refractivity contribution in [1.29, 1.82) is 0 Å². The van der Waals surface area contributed by atoms with E-state index < -0.39 is 0 Å². The Bertz CT molecular complexity index is 554. The molecule has 0 fully saturated rings. The summed E-state index contributed by atoms with van der Waals surface area (Å²) >= 11 is 0. The highest BCUT2D eigenvalue weighted by molar-refractivity contribution is 6.07. The number of anilines is 2. The van der Waals surface area contributed by atoms with Gasteiger partial charge in [0.05, 0.1) is 11.4 Å². The molecule has 0 spiro atoms. The monoisotopic (exact) mass is 255 g/mol. The number of aromatic nitrogens is 1. The van der Waals surface area contributed by atoms with Gasteiger partial charge in [-0.1, -0.05) is 19.1 Å². The summed E-state index contributed by atoms with van der Waals surface area (Å²) in [4.78, 5) is 18.2. The first-order valence-corrected chi connectivity index (χ1v) is 6.30. The number of rotatable bonds is 4. The first-order valence-electron chi connectivity index (χ1n) is 6.30. The van der Waals surface area contributed by atoms with Gasteiger partial charge < -0.3 is 10.6 Å². The van der Waals surface area contributed by atoms with Crippen molar-refractivity contribution in [2.24, 2.45) is 0 Å². The first-order chi connectivity index (χ1) is 9.24. The maximum atomic E-state index is 12.5. The van der Waals surface area contributed by atoms with Gasteiger partial charge in [-0.3, -0.25) is 9.78 Å². The number of carbonyl (C=O) groups excluding carboxylic acids is 1. The third-order valence-electron chi connectivity index (χ3n) is 2.85. The Morgan fingerprint density at radius 3 is 2.53 bits per heavy atom. The molecule has 0 bridgehead atoms. The molecule has 0 saturated carbocycles. The Morgan fingerprint density at radius 2 is 1.89 bits per heavy atom. The lowest BCUT2D eigenvalue weighted by atomic mass is 10.2. The number of para-hydroxylation sites is 2. The summed E-state index contributed by atoms with van der Waals surface area (Å²) in [5.41, 5.74) is 7.94. The molecule has 0 aliphatic rings. The number of carbonyl (C=O) groups is 1. The van der Waals surface area contributed by atoms with Gasteiger partial charge >= 0.3 is 0 Å². The fourth-order valence-corrected chi connectivity index (χ4v) is 1.94. The van der Waals surface area contributed by atoms with Crippen LogP contribution in [0.2, 0.25) is 0 Å². The minimum atomic E-state index is -0.0536. The van der Waals surface area contributed by atoms with Crippen LogP contribution in [0.1, 0.15) is 23.7 Å². The van der Waals surface area contributed by atoms with Crippen molar-refractivity contribution in [3.8, 4) is 0 Å². The molecule has 2 rings (SSSR count). The van der Waals surface area contributed by atoms with Crippen molar-refractivity contribution in [1.82, 2.24) is 4.98 Å². The standard InChI is InChI=1S/C15H17N3O/c1-2-11-18(14-6-4-3-5-13(14)16)15(19)12-7-9-17-10-8-12/h3-10H,2,11,16H2,1H3. The van der Waals surface area contributed by atoms with Gasteiger partial charge in [0.1, 0.15) is 0 Å². The molecule has 98 valence electrons. The van der Waals surface area contributed by atoms with Crippen molar-refractivity contribution >= 4 is 17.3 Å². The molecule has 0 atom stereocenters. The normalized spacial score (nSPS) is 10.2. The minimum Gasteiger partial charge on any atom is -0.397 e. The summed E-state index contributed by atoms with van der Waals surface area (Å²) in [6.45, 7) is 2.67. The van der Waals surface area contributed by atoms with Gasteiger partial charge in [-0.2, -0.15) is 0 Å². The molecule has 19 heavy (non-hydrogen) atoms. The van der Waals surface area contributed by atoms with Crippen molar-refractivity contribution in [2.45, 2.75) is 13.3 Å². The molecule has 0 unspecified atom stereocenters. The van der Waals surface area contributed by atoms with Crippen molar-refractivity contribution in [2.75, 3.05) is 17.2 Å². The topological polar surface area (TPSA) is 59.2 Å². The fourth-order valence-electron chi connectivity index (χ4n) is 1.94. The van der Waals surface area contributed by atoms with Gasteiger partial charge in [-0.25, -0.2) is 0 Å². The average molecular weight is 255 g/mol. The van der Waals surface area contributed by atoms with Crippen molar-refractivity contribution in [3.05, 3.63) is 54.4 Å². The Labute approximate surface area is 112 Å². The van der Waals surface area contributed by atoms with Crippen LogP contribution in [-0.2, 0) is 0 Å². The molecule has 0 saturated heterocycles. The van der Waals surface area contributed by atoms with Gasteiger partial charge in [-0.05, 0) is 30.7 Å². The minimum absolute atomic E-state index is 0.0536. The van der Waals surface area contributed by atoms with E-state index in [0.717, 1.165) is 12.1 Å². The molecule has 1 amide bonds. The highest BCUT2D eigenvalue weighted by Gasteiger charge is 2.18. The first kappa shape index (κ1) is 13.1. The number of benzene rings is 1. The number of nitrogen functional groups attached to an aromatic ring is 1. The predicted octanol–water partition coefficient (Wildman–Crippen LogP) is 2.72. The number of nitrogens with zero attached hydrogens (tertiary/aromatic N) is 2. The second-order valence-corrected chi connectivity index (χ2v) is 4.25. The van der Waals surface area contributed by atoms with Crippen LogP contribution in [0.25, 0.3) is 0 Å². The number of hydrogen-bond acceptors (Lipinski definition) is 3. The van der Waals surface area contributed by atoms with Gasteiger partial charge in [0.15, 0.2) is 0 Å². The third kappa shape index (κ3) is 2.91. The van der Waals surface area contributed by atoms with E-state index in [9.17, 15) is 4.79 Å². The molecule has 4 heteroatoms. The third-order valence-corrected chi connectivity index (χ3v) is 2.85. The van der Waals surface area contributed by atoms with E-state index in [1.54, 1.807) is 35.5 Å². The SMILES string of the molecule is CCCN(C(=O)c1ccncc1)c1ccccc1N. The average Bonchev–Trinajstić information content (AvgIpc) is 2.46. The second kappa shape index (κ2) is 6.00. The number of hydrogen-bond donors (Lipinski definition) is 1. The molecular weight excluding hydrogens is 238 g/mol. The van der Waals surface area contributed by atoms with Crippen molar-refractivity contribution in [3.63, 3.8) is 0 Å². The highest BCUT2D eigenvalue weighted by atomic mass is 16.2. The molecular formula is C15H17N3O. The largest absolute Gasteiger partial charge is 0.397 e. The van der Waals surface area contributed by atoms with Crippen LogP contribution in [0.4, 0.5) is 11.4 Å². The smallest absolute Gasteiger partial charge is 0.258 e. The van der Waals surface area contributed by atoms with E-state index in [1.165, 1.54) is 0 Å². The molecule has 2 aromatic rings. The molecule has 0 aliphatic carbocycles. The molecule has 0 aliphatic heterocycles. The Kier molecular flexibility index (Phi) is 4.13. The maximum Gasteiger partial charge on any atom is 0.258 e. The van der Waals surface area contributed by atoms with Gasteiger partial charge in [0.2, 0.25) is 0 Å². The molecule has 4 nitrogen and oxygen atoms in total. The van der Waals surface area contributed by atoms with Crippen LogP contribution in [0.3, 0.4) is 0 Å². The number of nitrogens with two attached hydrogens (primary N) is 1. The quantitative estimate of drug-likeness (QED) is 0.854. The van der Waals surface area contributed by atoms with E-state index in [2.05, 4.69) is 4.98 Å². The summed E-state index contributed by atoms with van der Waals surface area (Å²) in [6, 6.07) is 10.8. The lowest BCUT2D eigenvalue weighted by Crippen LogP contribution is -2.32. The van der Waals surface area contributed by atoms with Crippen LogP contribution in [0.5, 0.6) is 0 Å². The molecule has 1 aromatic carbocycles. The summed E-state index contributed by atoms with van der Waals surface area (Å²) in [6.07, 6.45) is 4.10. The molecule has 0 radical (unpaired) electrons. The van der Waals surface area contributed by atoms with Crippen LogP contribution in [0.15, 0.2) is 48.8 Å². The maximum absolute atomic E-state index is 12.5. The van der Waals surface area contributed by atoms with Gasteiger partial charge in [0.25, 0.3) is 5.91 Å². The van der Waals surface area contributed by atoms with Crippen molar-refractivity contribution < 1.29 is 4.79 Å². The fraction of sp³-hybridized carbons (Fsp3) is 0.200. The lowest BCUT2D eigenvalue weighted by Gasteiger charge is -2.23. The van der Waals surface area contributed by atoms with Crippen LogP contribution in [-0.4, -0.2) is 17.4 Å². The number of amides is 1. The van der Waals surface area contributed by atoms with E-state index in [4.69, 9.17) is 5.73 Å². The Balaban J connectivity index is 2.36. The van der Waals surface area contributed by atoms with Crippen LogP contribution in [0, 0.1) is 0 Å². The summed E-state index contributed by atoms with van der Waals surface area (Å²) in [5.74, 6) is -0.0536. The van der Waals surface area contributed by atoms with E-state index in [-0.39, 0.29) is 5.91 Å². The Hall–Kier alpha value is -2.36. The van der Waals surface area contributed by atoms with Crippen LogP contribution >= 0.6 is 0 Å². The highest BCUT2D eigenvalue weighted by Crippen LogP contribution is 2.24. The van der Waals surface area contributed by atoms with Gasteiger partial charge in [-0.15, -0.1) is 0 Å². The van der Waals surface area contributed by atoms with E-state index in [1.807, 2.05) is 25.1 Å². The molecule has 1 heterocycles. The predicted molar refractivity (Wildman–Crippen MR) is 77.1 cm³/mol. The van der Waals surface area contributed by atoms with E-state index in [0.29, 0.717) is 17.8 Å². The summed E-state index contributed by atoms with van der Waals surface area (Å²) < 4.78 is 0. The summed E-state index contributed by atoms with van der Waals surface area (Å²) in [7, 11) is 0. The Morgan fingerprint density at radius 1 is 1.21 bits per heavy atom. The lowest BCUT2D eigenvalue weighted by molar-refractivity contribution is 0.0987. The summed E-state index contributed by atoms with van der Waals surface area (Å²) in [5, 5.41) is 0. The zero-order valence-corrected chi connectivity index (χ0v) is 10.9. The zero-order valence-electron chi connectivity index (χ0n) is 10.9. The van der Waals surface area contributed by atoms with Gasteiger partial charge in [0, 0.05) is 24.5 Å². The molecule has 2 N–H and O–H groups in total. The molecule has 1 aromatic heterocycles. The second-order valence-electron chi connectivity index (χ2n) is 4.25. The van der Waals surface area contributed by atoms with E-state index >= 15 is 0 Å². The van der Waals surface area contributed by atoms with Crippen LogP contribution < -0.4 is 10.6 Å². The number of pyridine rings is 1.